The van der Waals surface area contributed by atoms with Crippen molar-refractivity contribution < 1.29 is 18.0 Å². The number of amides is 2. The molecule has 0 aliphatic carbocycles. The maximum atomic E-state index is 12.7. The molecule has 1 fully saturated rings. The van der Waals surface area contributed by atoms with Crippen LogP contribution in [0.25, 0.3) is 0 Å². The van der Waals surface area contributed by atoms with E-state index in [0.29, 0.717) is 22.5 Å². The van der Waals surface area contributed by atoms with E-state index in [9.17, 15) is 18.0 Å². The van der Waals surface area contributed by atoms with Gasteiger partial charge in [0.05, 0.1) is 4.90 Å². The number of rotatable bonds is 8. The molecule has 3 N–H and O–H groups in total. The second-order valence-electron chi connectivity index (χ2n) is 9.37. The molecule has 1 aliphatic heterocycles. The third-order valence-electron chi connectivity index (χ3n) is 6.38. The van der Waals surface area contributed by atoms with Gasteiger partial charge in [0, 0.05) is 55.7 Å². The zero-order valence-corrected chi connectivity index (χ0v) is 22.4. The maximum absolute atomic E-state index is 12.7. The van der Waals surface area contributed by atoms with Gasteiger partial charge in [0.1, 0.15) is 0 Å². The van der Waals surface area contributed by atoms with E-state index in [-0.39, 0.29) is 23.3 Å². The number of nitrogens with zero attached hydrogens (tertiary/aromatic N) is 2. The fourth-order valence-electron chi connectivity index (χ4n) is 4.22. The summed E-state index contributed by atoms with van der Waals surface area (Å²) >= 11 is 0. The first-order chi connectivity index (χ1) is 18.2. The van der Waals surface area contributed by atoms with Crippen LogP contribution in [0.4, 0.5) is 17.1 Å². The topological polar surface area (TPSA) is 111 Å². The Hall–Kier alpha value is -3.73. The van der Waals surface area contributed by atoms with Crippen molar-refractivity contribution in [1.82, 2.24) is 9.62 Å². The Labute approximate surface area is 223 Å². The number of hydrogen-bond donors (Lipinski definition) is 3. The fourth-order valence-corrected chi connectivity index (χ4v) is 5.24. The molecule has 2 amide bonds. The molecule has 9 nitrogen and oxygen atoms in total. The standard InChI is InChI=1S/C28H33N5O4S/c1-21(34)30-24-10-14-27(15-11-24)38(36,37)29-20-22-4-6-23(7-5-22)28(35)31-25-8-12-26(13-9-25)33-17-3-16-32(2)18-19-33/h4-15,29H,3,16-20H2,1-2H3,(H,30,34)(H,31,35). The number of carbonyl (C=O) groups excluding carboxylic acids is 2. The van der Waals surface area contributed by atoms with Crippen LogP contribution in [-0.2, 0) is 21.4 Å². The van der Waals surface area contributed by atoms with Crippen LogP contribution in [0, 0.1) is 0 Å². The molecule has 4 rings (SSSR count). The van der Waals surface area contributed by atoms with Crippen molar-refractivity contribution in [2.45, 2.75) is 24.8 Å². The summed E-state index contributed by atoms with van der Waals surface area (Å²) in [7, 11) is -1.59. The van der Waals surface area contributed by atoms with Crippen LogP contribution in [0.15, 0.2) is 77.7 Å². The van der Waals surface area contributed by atoms with Crippen LogP contribution in [0.3, 0.4) is 0 Å². The normalized spacial score (nSPS) is 14.5. The minimum Gasteiger partial charge on any atom is -0.370 e. The quantitative estimate of drug-likeness (QED) is 0.407. The van der Waals surface area contributed by atoms with Gasteiger partial charge in [0.2, 0.25) is 15.9 Å². The zero-order valence-electron chi connectivity index (χ0n) is 21.6. The Morgan fingerprint density at radius 1 is 0.789 bits per heavy atom. The number of hydrogen-bond acceptors (Lipinski definition) is 6. The molecule has 1 saturated heterocycles. The minimum absolute atomic E-state index is 0.0748. The van der Waals surface area contributed by atoms with Crippen LogP contribution in [0.5, 0.6) is 0 Å². The smallest absolute Gasteiger partial charge is 0.255 e. The summed E-state index contributed by atoms with van der Waals surface area (Å²) in [5.41, 5.74) is 3.57. The van der Waals surface area contributed by atoms with Crippen molar-refractivity contribution in [1.29, 1.82) is 0 Å². The second-order valence-corrected chi connectivity index (χ2v) is 11.1. The van der Waals surface area contributed by atoms with Gasteiger partial charge in [0.25, 0.3) is 5.91 Å². The number of benzene rings is 3. The molecule has 200 valence electrons. The molecular formula is C28H33N5O4S. The molecule has 0 spiro atoms. The van der Waals surface area contributed by atoms with Crippen molar-refractivity contribution in [3.63, 3.8) is 0 Å². The van der Waals surface area contributed by atoms with Gasteiger partial charge in [-0.25, -0.2) is 13.1 Å². The number of nitrogens with one attached hydrogen (secondary N) is 3. The van der Waals surface area contributed by atoms with Crippen molar-refractivity contribution in [2.75, 3.05) is 48.8 Å². The van der Waals surface area contributed by atoms with E-state index >= 15 is 0 Å². The second kappa shape index (κ2) is 12.2. The van der Waals surface area contributed by atoms with Gasteiger partial charge in [-0.3, -0.25) is 9.59 Å². The first-order valence-electron chi connectivity index (χ1n) is 12.5. The van der Waals surface area contributed by atoms with Crippen LogP contribution >= 0.6 is 0 Å². The Morgan fingerprint density at radius 3 is 2.08 bits per heavy atom. The third-order valence-corrected chi connectivity index (χ3v) is 7.79. The van der Waals surface area contributed by atoms with E-state index in [0.717, 1.165) is 38.3 Å². The SMILES string of the molecule is CC(=O)Nc1ccc(S(=O)(=O)NCc2ccc(C(=O)Nc3ccc(N4CCCN(C)CC4)cc3)cc2)cc1. The summed E-state index contributed by atoms with van der Waals surface area (Å²) in [4.78, 5) is 28.6. The molecule has 10 heteroatoms. The lowest BCUT2D eigenvalue weighted by atomic mass is 10.1. The largest absolute Gasteiger partial charge is 0.370 e. The van der Waals surface area contributed by atoms with Crippen LogP contribution in [-0.4, -0.2) is 58.4 Å². The summed E-state index contributed by atoms with van der Waals surface area (Å²) in [6, 6.07) is 20.6. The molecule has 0 bridgehead atoms. The molecule has 1 aliphatic rings. The number of likely N-dealkylation sites (N-methyl/N-ethyl adjacent to an activating group) is 1. The average Bonchev–Trinajstić information content (AvgIpc) is 3.12. The van der Waals surface area contributed by atoms with E-state index in [1.807, 2.05) is 24.3 Å². The molecule has 3 aromatic carbocycles. The Balaban J connectivity index is 1.30. The zero-order chi connectivity index (χ0) is 27.1. The lowest BCUT2D eigenvalue weighted by molar-refractivity contribution is -0.114. The first kappa shape index (κ1) is 27.3. The van der Waals surface area contributed by atoms with Crippen molar-refractivity contribution in [2.24, 2.45) is 0 Å². The highest BCUT2D eigenvalue weighted by Crippen LogP contribution is 2.20. The average molecular weight is 536 g/mol. The fraction of sp³-hybridized carbons (Fsp3) is 0.286. The molecular weight excluding hydrogens is 502 g/mol. The van der Waals surface area contributed by atoms with E-state index < -0.39 is 10.0 Å². The Bertz CT molecular complexity index is 1360. The molecule has 3 aromatic rings. The molecule has 0 aromatic heterocycles. The summed E-state index contributed by atoms with van der Waals surface area (Å²) in [6.07, 6.45) is 1.12. The van der Waals surface area contributed by atoms with Gasteiger partial charge in [-0.05, 0) is 86.2 Å². The summed E-state index contributed by atoms with van der Waals surface area (Å²) in [5, 5.41) is 5.52. The monoisotopic (exact) mass is 535 g/mol. The van der Waals surface area contributed by atoms with Crippen molar-refractivity contribution >= 4 is 38.9 Å². The molecule has 38 heavy (non-hydrogen) atoms. The number of anilines is 3. The Morgan fingerprint density at radius 2 is 1.42 bits per heavy atom. The van der Waals surface area contributed by atoms with Gasteiger partial charge in [0.15, 0.2) is 0 Å². The predicted molar refractivity (Wildman–Crippen MR) is 150 cm³/mol. The highest BCUT2D eigenvalue weighted by molar-refractivity contribution is 7.89. The van der Waals surface area contributed by atoms with Gasteiger partial charge < -0.3 is 20.4 Å². The predicted octanol–water partition coefficient (Wildman–Crippen LogP) is 3.52. The van der Waals surface area contributed by atoms with Crippen molar-refractivity contribution in [3.05, 3.63) is 83.9 Å². The van der Waals surface area contributed by atoms with Gasteiger partial charge in [-0.15, -0.1) is 0 Å². The summed E-state index contributed by atoms with van der Waals surface area (Å²) < 4.78 is 27.8. The molecule has 1 heterocycles. The van der Waals surface area contributed by atoms with Gasteiger partial charge >= 0.3 is 0 Å². The Kier molecular flexibility index (Phi) is 8.77. The molecule has 0 saturated carbocycles. The van der Waals surface area contributed by atoms with E-state index in [2.05, 4.69) is 32.2 Å². The number of sulfonamides is 1. The van der Waals surface area contributed by atoms with Crippen LogP contribution < -0.4 is 20.3 Å². The van der Waals surface area contributed by atoms with Crippen LogP contribution in [0.2, 0.25) is 0 Å². The van der Waals surface area contributed by atoms with Gasteiger partial charge in [-0.1, -0.05) is 12.1 Å². The molecule has 0 radical (unpaired) electrons. The molecule has 0 unspecified atom stereocenters. The van der Waals surface area contributed by atoms with Crippen molar-refractivity contribution in [3.8, 4) is 0 Å². The molecule has 0 atom stereocenters. The first-order valence-corrected chi connectivity index (χ1v) is 14.0. The van der Waals surface area contributed by atoms with Crippen LogP contribution in [0.1, 0.15) is 29.3 Å². The lowest BCUT2D eigenvalue weighted by Gasteiger charge is -2.23. The summed E-state index contributed by atoms with van der Waals surface area (Å²) in [6.45, 7) is 5.59. The lowest BCUT2D eigenvalue weighted by Crippen LogP contribution is -2.28. The highest BCUT2D eigenvalue weighted by atomic mass is 32.2. The maximum Gasteiger partial charge on any atom is 0.255 e. The summed E-state index contributed by atoms with van der Waals surface area (Å²) in [5.74, 6) is -0.467. The number of carbonyl (C=O) groups is 2. The van der Waals surface area contributed by atoms with Gasteiger partial charge in [-0.2, -0.15) is 0 Å². The van der Waals surface area contributed by atoms with E-state index in [4.69, 9.17) is 0 Å². The van der Waals surface area contributed by atoms with E-state index in [1.165, 1.54) is 31.2 Å². The third kappa shape index (κ3) is 7.41. The highest BCUT2D eigenvalue weighted by Gasteiger charge is 2.15. The minimum atomic E-state index is -3.74. The van der Waals surface area contributed by atoms with E-state index in [1.54, 1.807) is 24.3 Å².